The summed E-state index contributed by atoms with van der Waals surface area (Å²) in [6.07, 6.45) is 1.10. The maximum absolute atomic E-state index is 6.38. The molecule has 0 radical (unpaired) electrons. The third-order valence-corrected chi connectivity index (χ3v) is 5.31. The number of ether oxygens (including phenoxy) is 3. The molecular weight excluding hydrogens is 324 g/mol. The molecule has 0 bridgehead atoms. The summed E-state index contributed by atoms with van der Waals surface area (Å²) in [5.74, 6) is 0.280. The summed E-state index contributed by atoms with van der Waals surface area (Å²) >= 11 is 0. The van der Waals surface area contributed by atoms with Crippen LogP contribution in [0.25, 0.3) is 0 Å². The molecule has 1 heterocycles. The summed E-state index contributed by atoms with van der Waals surface area (Å²) in [6, 6.07) is 20.6. The van der Waals surface area contributed by atoms with Crippen LogP contribution >= 0.6 is 0 Å². The van der Waals surface area contributed by atoms with Crippen molar-refractivity contribution in [1.29, 1.82) is 0 Å². The molecule has 3 heteroatoms. The number of benzene rings is 2. The van der Waals surface area contributed by atoms with Crippen LogP contribution in [0.15, 0.2) is 60.7 Å². The van der Waals surface area contributed by atoms with Crippen molar-refractivity contribution >= 4 is 0 Å². The van der Waals surface area contributed by atoms with Gasteiger partial charge in [-0.05, 0) is 24.5 Å². The van der Waals surface area contributed by atoms with Gasteiger partial charge in [0, 0.05) is 5.92 Å². The monoisotopic (exact) mass is 354 g/mol. The molecule has 2 aromatic carbocycles. The molecule has 2 aromatic rings. The van der Waals surface area contributed by atoms with E-state index < -0.39 is 0 Å². The van der Waals surface area contributed by atoms with Crippen molar-refractivity contribution in [1.82, 2.24) is 0 Å². The van der Waals surface area contributed by atoms with Gasteiger partial charge in [0.05, 0.1) is 31.5 Å². The first kappa shape index (κ1) is 19.1. The number of rotatable bonds is 7. The van der Waals surface area contributed by atoms with Crippen LogP contribution in [0.5, 0.6) is 0 Å². The van der Waals surface area contributed by atoms with Crippen molar-refractivity contribution in [3.63, 3.8) is 0 Å². The van der Waals surface area contributed by atoms with E-state index in [0.29, 0.717) is 13.2 Å². The Labute approximate surface area is 157 Å². The van der Waals surface area contributed by atoms with Crippen LogP contribution in [-0.4, -0.2) is 24.4 Å². The van der Waals surface area contributed by atoms with Crippen molar-refractivity contribution in [2.24, 2.45) is 5.92 Å². The lowest BCUT2D eigenvalue weighted by Crippen LogP contribution is -2.54. The first-order valence-electron chi connectivity index (χ1n) is 9.65. The quantitative estimate of drug-likeness (QED) is 0.701. The summed E-state index contributed by atoms with van der Waals surface area (Å²) in [4.78, 5) is 0. The van der Waals surface area contributed by atoms with Crippen LogP contribution in [0, 0.1) is 5.92 Å². The Bertz CT molecular complexity index is 600. The van der Waals surface area contributed by atoms with E-state index in [1.807, 2.05) is 36.4 Å². The van der Waals surface area contributed by atoms with E-state index in [-0.39, 0.29) is 30.3 Å². The van der Waals surface area contributed by atoms with Gasteiger partial charge in [0.2, 0.25) is 0 Å². The summed E-state index contributed by atoms with van der Waals surface area (Å²) < 4.78 is 18.9. The highest BCUT2D eigenvalue weighted by Crippen LogP contribution is 2.32. The predicted molar refractivity (Wildman–Crippen MR) is 104 cm³/mol. The molecule has 0 saturated carbocycles. The highest BCUT2D eigenvalue weighted by atomic mass is 16.6. The second-order valence-electron chi connectivity index (χ2n) is 7.17. The molecule has 0 spiro atoms. The van der Waals surface area contributed by atoms with Gasteiger partial charge in [-0.1, -0.05) is 74.5 Å². The molecule has 5 atom stereocenters. The van der Waals surface area contributed by atoms with Crippen molar-refractivity contribution in [2.75, 3.05) is 0 Å². The largest absolute Gasteiger partial charge is 0.372 e. The van der Waals surface area contributed by atoms with Gasteiger partial charge in [0.1, 0.15) is 6.10 Å². The fraction of sp³-hybridized carbons (Fsp3) is 0.478. The summed E-state index contributed by atoms with van der Waals surface area (Å²) in [5.41, 5.74) is 2.36. The minimum Gasteiger partial charge on any atom is -0.372 e. The van der Waals surface area contributed by atoms with Crippen LogP contribution < -0.4 is 0 Å². The van der Waals surface area contributed by atoms with Gasteiger partial charge in [-0.15, -0.1) is 0 Å². The molecule has 1 aliphatic rings. The molecular formula is C23H30O3. The first-order chi connectivity index (χ1) is 12.7. The molecule has 0 amide bonds. The Morgan fingerprint density at radius 3 is 1.77 bits per heavy atom. The third kappa shape index (κ3) is 4.73. The lowest BCUT2D eigenvalue weighted by Gasteiger charge is -2.44. The zero-order chi connectivity index (χ0) is 18.4. The topological polar surface area (TPSA) is 27.7 Å². The fourth-order valence-electron chi connectivity index (χ4n) is 3.57. The van der Waals surface area contributed by atoms with Crippen LogP contribution in [0.2, 0.25) is 0 Å². The highest BCUT2D eigenvalue weighted by molar-refractivity contribution is 5.14. The summed E-state index contributed by atoms with van der Waals surface area (Å²) in [5, 5.41) is 0. The lowest BCUT2D eigenvalue weighted by atomic mass is 9.87. The molecule has 0 aromatic heterocycles. The van der Waals surface area contributed by atoms with Crippen molar-refractivity contribution in [2.45, 2.75) is 64.8 Å². The molecule has 2 unspecified atom stereocenters. The molecule has 0 aliphatic carbocycles. The standard InChI is InChI=1S/C23H30O3/c1-4-21-23(25-16-20-13-9-6-10-14-20)22(17(2)18(3)26-21)24-15-19-11-7-5-8-12-19/h5-14,17-18,21-23H,4,15-16H2,1-3H3/t17?,18-,21?,22+,23-/m0/s1. The van der Waals surface area contributed by atoms with E-state index in [1.165, 1.54) is 11.1 Å². The van der Waals surface area contributed by atoms with Gasteiger partial charge in [-0.25, -0.2) is 0 Å². The van der Waals surface area contributed by atoms with Crippen molar-refractivity contribution < 1.29 is 14.2 Å². The Morgan fingerprint density at radius 1 is 0.769 bits per heavy atom. The Kier molecular flexibility index (Phi) is 6.84. The SMILES string of the molecule is CCC1O[C@@H](C)C(C)[C@@H](OCc2ccccc2)[C@H]1OCc1ccccc1. The smallest absolute Gasteiger partial charge is 0.111 e. The molecule has 1 fully saturated rings. The van der Waals surface area contributed by atoms with Crippen molar-refractivity contribution in [3.05, 3.63) is 71.8 Å². The number of hydrogen-bond donors (Lipinski definition) is 0. The minimum atomic E-state index is -0.0601. The highest BCUT2D eigenvalue weighted by Gasteiger charge is 2.42. The molecule has 26 heavy (non-hydrogen) atoms. The Balaban J connectivity index is 1.71. The average molecular weight is 354 g/mol. The van der Waals surface area contributed by atoms with Gasteiger partial charge in [-0.2, -0.15) is 0 Å². The van der Waals surface area contributed by atoms with E-state index in [2.05, 4.69) is 45.0 Å². The number of hydrogen-bond acceptors (Lipinski definition) is 3. The van der Waals surface area contributed by atoms with Gasteiger partial charge >= 0.3 is 0 Å². The summed E-state index contributed by atoms with van der Waals surface area (Å²) in [7, 11) is 0. The van der Waals surface area contributed by atoms with E-state index in [1.54, 1.807) is 0 Å². The molecule has 3 rings (SSSR count). The second kappa shape index (κ2) is 9.31. The molecule has 1 aliphatic heterocycles. The molecule has 0 N–H and O–H groups in total. The van der Waals surface area contributed by atoms with Crippen LogP contribution in [0.3, 0.4) is 0 Å². The van der Waals surface area contributed by atoms with Crippen LogP contribution in [0.4, 0.5) is 0 Å². The molecule has 3 nitrogen and oxygen atoms in total. The fourth-order valence-corrected chi connectivity index (χ4v) is 3.57. The maximum atomic E-state index is 6.38. The van der Waals surface area contributed by atoms with Gasteiger partial charge in [0.25, 0.3) is 0 Å². The zero-order valence-electron chi connectivity index (χ0n) is 16.0. The molecule has 1 saturated heterocycles. The zero-order valence-corrected chi connectivity index (χ0v) is 16.0. The van der Waals surface area contributed by atoms with Crippen LogP contribution in [-0.2, 0) is 27.4 Å². The van der Waals surface area contributed by atoms with E-state index in [0.717, 1.165) is 6.42 Å². The van der Waals surface area contributed by atoms with E-state index in [9.17, 15) is 0 Å². The molecule has 140 valence electrons. The van der Waals surface area contributed by atoms with Crippen LogP contribution in [0.1, 0.15) is 38.3 Å². The lowest BCUT2D eigenvalue weighted by molar-refractivity contribution is -0.228. The van der Waals surface area contributed by atoms with E-state index >= 15 is 0 Å². The first-order valence-corrected chi connectivity index (χ1v) is 9.65. The van der Waals surface area contributed by atoms with Crippen molar-refractivity contribution in [3.8, 4) is 0 Å². The van der Waals surface area contributed by atoms with E-state index in [4.69, 9.17) is 14.2 Å². The predicted octanol–water partition coefficient (Wildman–Crippen LogP) is 4.99. The van der Waals surface area contributed by atoms with Gasteiger partial charge in [0.15, 0.2) is 0 Å². The minimum absolute atomic E-state index is 0.0209. The average Bonchev–Trinajstić information content (AvgIpc) is 2.69. The third-order valence-electron chi connectivity index (χ3n) is 5.31. The Hall–Kier alpha value is -1.68. The Morgan fingerprint density at radius 2 is 1.27 bits per heavy atom. The maximum Gasteiger partial charge on any atom is 0.111 e. The summed E-state index contributed by atoms with van der Waals surface area (Å²) in [6.45, 7) is 7.67. The van der Waals surface area contributed by atoms with Gasteiger partial charge < -0.3 is 14.2 Å². The normalized spacial score (nSPS) is 28.8. The van der Waals surface area contributed by atoms with Gasteiger partial charge in [-0.3, -0.25) is 0 Å². The second-order valence-corrected chi connectivity index (χ2v) is 7.17.